The van der Waals surface area contributed by atoms with Crippen LogP contribution >= 0.6 is 0 Å². The van der Waals surface area contributed by atoms with E-state index in [4.69, 9.17) is 5.73 Å². The summed E-state index contributed by atoms with van der Waals surface area (Å²) in [5.74, 6) is -0.398. The van der Waals surface area contributed by atoms with Crippen LogP contribution in [-0.4, -0.2) is 15.9 Å². The fourth-order valence-electron chi connectivity index (χ4n) is 2.53. The van der Waals surface area contributed by atoms with Crippen LogP contribution in [-0.2, 0) is 0 Å². The van der Waals surface area contributed by atoms with Gasteiger partial charge in [-0.3, -0.25) is 14.8 Å². The first-order valence-corrected chi connectivity index (χ1v) is 7.18. The van der Waals surface area contributed by atoms with Gasteiger partial charge >= 0.3 is 0 Å². The quantitative estimate of drug-likeness (QED) is 0.805. The molecule has 0 saturated heterocycles. The van der Waals surface area contributed by atoms with E-state index in [2.05, 4.69) is 9.97 Å². The van der Waals surface area contributed by atoms with E-state index in [0.717, 1.165) is 27.9 Å². The van der Waals surface area contributed by atoms with Crippen LogP contribution in [0.15, 0.2) is 48.7 Å². The molecule has 0 aliphatic carbocycles. The Hall–Kier alpha value is -2.75. The summed E-state index contributed by atoms with van der Waals surface area (Å²) >= 11 is 0. The molecular weight excluding hydrogens is 274 g/mol. The molecule has 2 heterocycles. The molecule has 0 saturated carbocycles. The lowest BCUT2D eigenvalue weighted by atomic mass is 9.96. The molecule has 0 bridgehead atoms. The molecule has 1 atom stereocenters. The fraction of sp³-hybridized carbons (Fsp3) is 0.167. The lowest BCUT2D eigenvalue weighted by molar-refractivity contribution is 0.100. The number of hydrogen-bond donors (Lipinski definition) is 1. The van der Waals surface area contributed by atoms with Crippen LogP contribution in [0.4, 0.5) is 0 Å². The van der Waals surface area contributed by atoms with Crippen LogP contribution in [0.5, 0.6) is 0 Å². The van der Waals surface area contributed by atoms with E-state index in [1.54, 1.807) is 6.07 Å². The molecule has 0 fully saturated rings. The molecule has 2 aromatic heterocycles. The standard InChI is InChI=1S/C18H17N3O/c1-11-7-8-13(10-20-11)12(2)17-9-15(18(19)22)14-5-3-4-6-16(14)21-17/h3-10,12H,1-2H3,(H2,19,22)/t12-/m0/s1. The first kappa shape index (κ1) is 14.2. The zero-order valence-corrected chi connectivity index (χ0v) is 12.6. The highest BCUT2D eigenvalue weighted by Gasteiger charge is 2.15. The number of para-hydroxylation sites is 1. The molecule has 0 radical (unpaired) electrons. The van der Waals surface area contributed by atoms with E-state index in [1.807, 2.05) is 56.4 Å². The highest BCUT2D eigenvalue weighted by molar-refractivity contribution is 6.05. The molecule has 4 heteroatoms. The number of nitrogens with zero attached hydrogens (tertiary/aromatic N) is 2. The number of primary amides is 1. The van der Waals surface area contributed by atoms with E-state index >= 15 is 0 Å². The van der Waals surface area contributed by atoms with Crippen molar-refractivity contribution in [1.29, 1.82) is 0 Å². The fourth-order valence-corrected chi connectivity index (χ4v) is 2.53. The summed E-state index contributed by atoms with van der Waals surface area (Å²) in [4.78, 5) is 20.8. The van der Waals surface area contributed by atoms with E-state index < -0.39 is 5.91 Å². The number of carbonyl (C=O) groups excluding carboxylic acids is 1. The molecule has 1 aromatic carbocycles. The van der Waals surface area contributed by atoms with Crippen molar-refractivity contribution in [2.45, 2.75) is 19.8 Å². The van der Waals surface area contributed by atoms with Crippen molar-refractivity contribution in [2.75, 3.05) is 0 Å². The number of aryl methyl sites for hydroxylation is 1. The molecular formula is C18H17N3O. The number of rotatable bonds is 3. The minimum absolute atomic E-state index is 0.0378. The molecule has 0 aliphatic heterocycles. The number of amides is 1. The molecule has 110 valence electrons. The number of hydrogen-bond acceptors (Lipinski definition) is 3. The van der Waals surface area contributed by atoms with Crippen LogP contribution < -0.4 is 5.73 Å². The molecule has 4 nitrogen and oxygen atoms in total. The lowest BCUT2D eigenvalue weighted by Gasteiger charge is -2.14. The van der Waals surface area contributed by atoms with Crippen LogP contribution in [0.3, 0.4) is 0 Å². The van der Waals surface area contributed by atoms with Crippen molar-refractivity contribution in [2.24, 2.45) is 5.73 Å². The molecule has 22 heavy (non-hydrogen) atoms. The van der Waals surface area contributed by atoms with Gasteiger partial charge in [0.2, 0.25) is 5.91 Å². The van der Waals surface area contributed by atoms with Crippen molar-refractivity contribution in [1.82, 2.24) is 9.97 Å². The summed E-state index contributed by atoms with van der Waals surface area (Å²) in [7, 11) is 0. The van der Waals surface area contributed by atoms with Gasteiger partial charge in [0.25, 0.3) is 0 Å². The van der Waals surface area contributed by atoms with Gasteiger partial charge in [0, 0.05) is 28.9 Å². The zero-order valence-electron chi connectivity index (χ0n) is 12.6. The van der Waals surface area contributed by atoms with Gasteiger partial charge in [0.15, 0.2) is 0 Å². The maximum Gasteiger partial charge on any atom is 0.249 e. The molecule has 3 rings (SSSR count). The van der Waals surface area contributed by atoms with Gasteiger partial charge in [0.1, 0.15) is 0 Å². The lowest BCUT2D eigenvalue weighted by Crippen LogP contribution is -2.13. The Balaban J connectivity index is 2.14. The van der Waals surface area contributed by atoms with E-state index in [9.17, 15) is 4.79 Å². The highest BCUT2D eigenvalue weighted by atomic mass is 16.1. The third-order valence-electron chi connectivity index (χ3n) is 3.88. The number of fused-ring (bicyclic) bond motifs is 1. The van der Waals surface area contributed by atoms with Crippen LogP contribution in [0, 0.1) is 6.92 Å². The Bertz CT molecular complexity index is 841. The number of benzene rings is 1. The van der Waals surface area contributed by atoms with Crippen molar-refractivity contribution in [3.05, 3.63) is 71.2 Å². The molecule has 0 unspecified atom stereocenters. The van der Waals surface area contributed by atoms with Gasteiger partial charge < -0.3 is 5.73 Å². The number of carbonyl (C=O) groups is 1. The minimum Gasteiger partial charge on any atom is -0.366 e. The van der Waals surface area contributed by atoms with E-state index in [-0.39, 0.29) is 5.92 Å². The molecule has 0 spiro atoms. The smallest absolute Gasteiger partial charge is 0.249 e. The first-order chi connectivity index (χ1) is 10.6. The van der Waals surface area contributed by atoms with Crippen molar-refractivity contribution >= 4 is 16.8 Å². The topological polar surface area (TPSA) is 68.9 Å². The Morgan fingerprint density at radius 3 is 2.64 bits per heavy atom. The first-order valence-electron chi connectivity index (χ1n) is 7.18. The minimum atomic E-state index is -0.436. The summed E-state index contributed by atoms with van der Waals surface area (Å²) in [6.07, 6.45) is 1.85. The monoisotopic (exact) mass is 291 g/mol. The second kappa shape index (κ2) is 5.56. The average molecular weight is 291 g/mol. The second-order valence-corrected chi connectivity index (χ2v) is 5.43. The van der Waals surface area contributed by atoms with Crippen LogP contribution in [0.2, 0.25) is 0 Å². The normalized spacial score (nSPS) is 12.3. The number of pyridine rings is 2. The van der Waals surface area contributed by atoms with Crippen molar-refractivity contribution in [3.8, 4) is 0 Å². The predicted octanol–water partition coefficient (Wildman–Crippen LogP) is 3.19. The molecule has 0 aliphatic rings. The van der Waals surface area contributed by atoms with E-state index in [0.29, 0.717) is 5.56 Å². The van der Waals surface area contributed by atoms with E-state index in [1.165, 1.54) is 0 Å². The third-order valence-corrected chi connectivity index (χ3v) is 3.88. The number of nitrogens with two attached hydrogens (primary N) is 1. The van der Waals surface area contributed by atoms with Crippen molar-refractivity contribution < 1.29 is 4.79 Å². The maximum atomic E-state index is 11.8. The molecule has 1 amide bonds. The van der Waals surface area contributed by atoms with Gasteiger partial charge in [-0.1, -0.05) is 31.2 Å². The Morgan fingerprint density at radius 2 is 1.95 bits per heavy atom. The molecule has 2 N–H and O–H groups in total. The SMILES string of the molecule is Cc1ccc([C@H](C)c2cc(C(N)=O)c3ccccc3n2)cn1. The van der Waals surface area contributed by atoms with Gasteiger partial charge in [0.05, 0.1) is 11.1 Å². The second-order valence-electron chi connectivity index (χ2n) is 5.43. The highest BCUT2D eigenvalue weighted by Crippen LogP contribution is 2.26. The predicted molar refractivity (Wildman–Crippen MR) is 86.8 cm³/mol. The van der Waals surface area contributed by atoms with Gasteiger partial charge in [-0.2, -0.15) is 0 Å². The molecule has 3 aromatic rings. The average Bonchev–Trinajstić information content (AvgIpc) is 2.53. The Morgan fingerprint density at radius 1 is 1.18 bits per heavy atom. The van der Waals surface area contributed by atoms with Crippen molar-refractivity contribution in [3.63, 3.8) is 0 Å². The largest absolute Gasteiger partial charge is 0.366 e. The summed E-state index contributed by atoms with van der Waals surface area (Å²) < 4.78 is 0. The number of aromatic nitrogens is 2. The summed E-state index contributed by atoms with van der Waals surface area (Å²) in [6.45, 7) is 4.00. The summed E-state index contributed by atoms with van der Waals surface area (Å²) in [5.41, 5.74) is 9.66. The Kier molecular flexibility index (Phi) is 3.59. The van der Waals surface area contributed by atoms with Gasteiger partial charge in [-0.15, -0.1) is 0 Å². The summed E-state index contributed by atoms with van der Waals surface area (Å²) in [5, 5.41) is 0.785. The zero-order chi connectivity index (χ0) is 15.7. The van der Waals surface area contributed by atoms with Gasteiger partial charge in [-0.05, 0) is 30.7 Å². The maximum absolute atomic E-state index is 11.8. The summed E-state index contributed by atoms with van der Waals surface area (Å²) in [6, 6.07) is 13.3. The Labute approximate surface area is 129 Å². The van der Waals surface area contributed by atoms with Gasteiger partial charge in [-0.25, -0.2) is 0 Å². The third kappa shape index (κ3) is 2.55. The van der Waals surface area contributed by atoms with Crippen LogP contribution in [0.1, 0.15) is 40.2 Å². The van der Waals surface area contributed by atoms with Crippen LogP contribution in [0.25, 0.3) is 10.9 Å².